The largest absolute Gasteiger partial charge is 0.282 e. The number of nitrogens with one attached hydrogen (secondary N) is 2. The first-order valence-corrected chi connectivity index (χ1v) is 8.05. The Balaban J connectivity index is 1.75. The van der Waals surface area contributed by atoms with Crippen LogP contribution >= 0.6 is 23.8 Å². The van der Waals surface area contributed by atoms with E-state index in [9.17, 15) is 0 Å². The Morgan fingerprint density at radius 3 is 3.04 bits per heavy atom. The van der Waals surface area contributed by atoms with Crippen molar-refractivity contribution in [2.75, 3.05) is 0 Å². The zero-order valence-electron chi connectivity index (χ0n) is 12.1. The van der Waals surface area contributed by atoms with E-state index in [1.54, 1.807) is 10.9 Å². The van der Waals surface area contributed by atoms with Crippen molar-refractivity contribution >= 4 is 30.0 Å². The molecular weight excluding hydrogens is 332 g/mol. The minimum Gasteiger partial charge on any atom is -0.282 e. The minimum absolute atomic E-state index is 0.424. The summed E-state index contributed by atoms with van der Waals surface area (Å²) in [5.74, 6) is 0.618. The Hall–Kier alpha value is -2.25. The van der Waals surface area contributed by atoms with Crippen molar-refractivity contribution in [3.05, 3.63) is 50.9 Å². The molecule has 0 amide bonds. The summed E-state index contributed by atoms with van der Waals surface area (Å²) in [5, 5.41) is 19.6. The molecular formula is C15H13ClN6S. The fourth-order valence-corrected chi connectivity index (χ4v) is 3.15. The number of aryl methyl sites for hydroxylation is 1. The van der Waals surface area contributed by atoms with Gasteiger partial charge in [0.1, 0.15) is 5.69 Å². The first kappa shape index (κ1) is 14.3. The molecule has 0 radical (unpaired) electrons. The maximum absolute atomic E-state index is 5.99. The molecule has 2 N–H and O–H groups in total. The highest BCUT2D eigenvalue weighted by atomic mass is 35.5. The molecule has 0 aliphatic heterocycles. The van der Waals surface area contributed by atoms with Crippen molar-refractivity contribution in [3.63, 3.8) is 0 Å². The van der Waals surface area contributed by atoms with Gasteiger partial charge in [-0.1, -0.05) is 23.7 Å². The van der Waals surface area contributed by atoms with Crippen LogP contribution < -0.4 is 0 Å². The van der Waals surface area contributed by atoms with Crippen molar-refractivity contribution in [1.29, 1.82) is 0 Å². The fourth-order valence-electron chi connectivity index (χ4n) is 2.77. The summed E-state index contributed by atoms with van der Waals surface area (Å²) in [6.07, 6.45) is 4.86. The molecule has 0 saturated heterocycles. The second-order valence-corrected chi connectivity index (χ2v) is 6.17. The van der Waals surface area contributed by atoms with Gasteiger partial charge in [-0.2, -0.15) is 20.0 Å². The summed E-state index contributed by atoms with van der Waals surface area (Å²) in [7, 11) is 0. The monoisotopic (exact) mass is 344 g/mol. The van der Waals surface area contributed by atoms with E-state index >= 15 is 0 Å². The molecule has 116 valence electrons. The van der Waals surface area contributed by atoms with E-state index in [2.05, 4.69) is 25.5 Å². The van der Waals surface area contributed by atoms with Crippen LogP contribution in [0.1, 0.15) is 23.2 Å². The fraction of sp³-hybridized carbons (Fsp3) is 0.200. The van der Waals surface area contributed by atoms with Gasteiger partial charge >= 0.3 is 0 Å². The first-order chi connectivity index (χ1) is 11.2. The number of H-pyrrole nitrogens is 2. The summed E-state index contributed by atoms with van der Waals surface area (Å²) >= 11 is 11.3. The summed E-state index contributed by atoms with van der Waals surface area (Å²) in [5.41, 5.74) is 4.09. The number of halogens is 1. The lowest BCUT2D eigenvalue weighted by molar-refractivity contribution is 0.844. The van der Waals surface area contributed by atoms with Crippen LogP contribution in [0.25, 0.3) is 11.5 Å². The smallest absolute Gasteiger partial charge is 0.216 e. The Kier molecular flexibility index (Phi) is 3.59. The molecule has 23 heavy (non-hydrogen) atoms. The molecule has 6 nitrogen and oxygen atoms in total. The SMILES string of the molecule is S=c1[nH]nc(-c2n[nH]c3c2CCC3)n1/N=C/c1cccc(Cl)c1. The van der Waals surface area contributed by atoms with Gasteiger partial charge in [0.05, 0.1) is 6.21 Å². The Bertz CT molecular complexity index is 951. The van der Waals surface area contributed by atoms with E-state index in [0.29, 0.717) is 15.6 Å². The molecule has 2 aromatic heterocycles. The molecule has 4 rings (SSSR count). The number of nitrogens with zero attached hydrogens (tertiary/aromatic N) is 4. The van der Waals surface area contributed by atoms with E-state index in [-0.39, 0.29) is 0 Å². The van der Waals surface area contributed by atoms with Gasteiger partial charge in [-0.15, -0.1) is 0 Å². The van der Waals surface area contributed by atoms with Gasteiger partial charge in [-0.3, -0.25) is 5.10 Å². The third-order valence-corrected chi connectivity index (χ3v) is 4.34. The van der Waals surface area contributed by atoms with E-state index in [1.165, 1.54) is 11.3 Å². The van der Waals surface area contributed by atoms with Crippen LogP contribution in [0.4, 0.5) is 0 Å². The standard InChI is InChI=1S/C15H13ClN6S/c16-10-4-1-3-9(7-10)8-17-22-14(20-21-15(22)23)13-11-5-2-6-12(11)18-19-13/h1,3-4,7-8H,2,5-6H2,(H,18,19)(H,21,23)/b17-8+. The average molecular weight is 345 g/mol. The molecule has 8 heteroatoms. The Morgan fingerprint density at radius 2 is 2.17 bits per heavy atom. The van der Waals surface area contributed by atoms with Crippen LogP contribution in [0.5, 0.6) is 0 Å². The van der Waals surface area contributed by atoms with Gasteiger partial charge in [-0.05, 0) is 49.2 Å². The molecule has 2 heterocycles. The van der Waals surface area contributed by atoms with Crippen molar-refractivity contribution in [2.45, 2.75) is 19.3 Å². The van der Waals surface area contributed by atoms with Gasteiger partial charge in [0.2, 0.25) is 10.6 Å². The first-order valence-electron chi connectivity index (χ1n) is 7.26. The third-order valence-electron chi connectivity index (χ3n) is 3.84. The number of rotatable bonds is 3. The van der Waals surface area contributed by atoms with Crippen LogP contribution in [0.3, 0.4) is 0 Å². The lowest BCUT2D eigenvalue weighted by atomic mass is 10.2. The minimum atomic E-state index is 0.424. The highest BCUT2D eigenvalue weighted by Crippen LogP contribution is 2.29. The Morgan fingerprint density at radius 1 is 1.26 bits per heavy atom. The summed E-state index contributed by atoms with van der Waals surface area (Å²) < 4.78 is 2.01. The molecule has 0 unspecified atom stereocenters. The van der Waals surface area contributed by atoms with Crippen LogP contribution in [0, 0.1) is 4.77 Å². The topological polar surface area (TPSA) is 74.7 Å². The second kappa shape index (κ2) is 5.75. The maximum Gasteiger partial charge on any atom is 0.216 e. The highest BCUT2D eigenvalue weighted by Gasteiger charge is 2.23. The molecule has 0 spiro atoms. The third kappa shape index (κ3) is 2.62. The van der Waals surface area contributed by atoms with E-state index in [1.807, 2.05) is 24.3 Å². The van der Waals surface area contributed by atoms with Crippen molar-refractivity contribution in [2.24, 2.45) is 5.10 Å². The molecule has 0 fully saturated rings. The lowest BCUT2D eigenvalue weighted by Crippen LogP contribution is -1.97. The van der Waals surface area contributed by atoms with E-state index < -0.39 is 0 Å². The number of aromatic amines is 2. The van der Waals surface area contributed by atoms with Gasteiger partial charge in [-0.25, -0.2) is 5.10 Å². The predicted octanol–water partition coefficient (Wildman–Crippen LogP) is 3.36. The number of benzene rings is 1. The maximum atomic E-state index is 5.99. The quantitative estimate of drug-likeness (QED) is 0.565. The molecule has 3 aromatic rings. The summed E-state index contributed by atoms with van der Waals surface area (Å²) in [4.78, 5) is 0. The molecule has 0 bridgehead atoms. The number of aromatic nitrogens is 5. The van der Waals surface area contributed by atoms with Crippen LogP contribution in [-0.4, -0.2) is 31.3 Å². The number of hydrogen-bond acceptors (Lipinski definition) is 4. The predicted molar refractivity (Wildman–Crippen MR) is 91.5 cm³/mol. The van der Waals surface area contributed by atoms with E-state index in [0.717, 1.165) is 30.5 Å². The van der Waals surface area contributed by atoms with Crippen LogP contribution in [0.2, 0.25) is 5.02 Å². The van der Waals surface area contributed by atoms with Crippen molar-refractivity contribution in [3.8, 4) is 11.5 Å². The van der Waals surface area contributed by atoms with E-state index in [4.69, 9.17) is 23.8 Å². The highest BCUT2D eigenvalue weighted by molar-refractivity contribution is 7.71. The lowest BCUT2D eigenvalue weighted by Gasteiger charge is -2.00. The molecule has 1 aromatic carbocycles. The normalized spacial score (nSPS) is 13.8. The number of fused-ring (bicyclic) bond motifs is 1. The zero-order valence-corrected chi connectivity index (χ0v) is 13.7. The van der Waals surface area contributed by atoms with Gasteiger partial charge in [0.15, 0.2) is 0 Å². The molecule has 1 aliphatic rings. The molecule has 1 aliphatic carbocycles. The van der Waals surface area contributed by atoms with Crippen LogP contribution in [-0.2, 0) is 12.8 Å². The van der Waals surface area contributed by atoms with Gasteiger partial charge < -0.3 is 0 Å². The van der Waals surface area contributed by atoms with Gasteiger partial charge in [0.25, 0.3) is 0 Å². The Labute approximate surface area is 142 Å². The second-order valence-electron chi connectivity index (χ2n) is 5.35. The average Bonchev–Trinajstić information content (AvgIpc) is 3.21. The molecule has 0 saturated carbocycles. The zero-order chi connectivity index (χ0) is 15.8. The molecule has 0 atom stereocenters. The summed E-state index contributed by atoms with van der Waals surface area (Å²) in [6.45, 7) is 0. The van der Waals surface area contributed by atoms with Crippen molar-refractivity contribution < 1.29 is 0 Å². The summed E-state index contributed by atoms with van der Waals surface area (Å²) in [6, 6.07) is 7.45. The number of hydrogen-bond donors (Lipinski definition) is 2. The van der Waals surface area contributed by atoms with Crippen molar-refractivity contribution in [1.82, 2.24) is 25.1 Å². The van der Waals surface area contributed by atoms with Gasteiger partial charge in [0, 0.05) is 16.3 Å². The van der Waals surface area contributed by atoms with Crippen LogP contribution in [0.15, 0.2) is 29.4 Å².